The Morgan fingerprint density at radius 2 is 1.43 bits per heavy atom. The maximum Gasteiger partial charge on any atom is 0.303 e. The van der Waals surface area contributed by atoms with Crippen LogP contribution in [-0.4, -0.2) is 22.3 Å². The Balaban J connectivity index is 3.23. The Hall–Kier alpha value is -1.09. The lowest BCUT2D eigenvalue weighted by Crippen LogP contribution is -2.04. The fourth-order valence-electron chi connectivity index (χ4n) is 2.58. The molecule has 0 bridgehead atoms. The SMILES string of the molecule is CC=CCC=CCC(O)CCCCCCCCCCCC(=O)O. The predicted octanol–water partition coefficient (Wildman–Crippen LogP) is 5.64. The summed E-state index contributed by atoms with van der Waals surface area (Å²) in [5, 5.41) is 18.4. The summed E-state index contributed by atoms with van der Waals surface area (Å²) in [7, 11) is 0. The highest BCUT2D eigenvalue weighted by Gasteiger charge is 2.01. The molecule has 3 nitrogen and oxygen atoms in total. The van der Waals surface area contributed by atoms with Crippen LogP contribution in [0.1, 0.15) is 90.4 Å². The molecule has 0 amide bonds. The number of carboxylic acids is 1. The van der Waals surface area contributed by atoms with Crippen molar-refractivity contribution in [3.05, 3.63) is 24.3 Å². The minimum absolute atomic E-state index is 0.189. The lowest BCUT2D eigenvalue weighted by atomic mass is 10.0. The minimum atomic E-state index is -0.680. The summed E-state index contributed by atoms with van der Waals surface area (Å²) in [6.45, 7) is 2.02. The smallest absolute Gasteiger partial charge is 0.303 e. The standard InChI is InChI=1S/C20H36O3/c1-2-3-4-10-13-16-19(21)17-14-11-8-6-5-7-9-12-15-18-20(22)23/h2-3,10,13,19,21H,4-9,11-12,14-18H2,1H3,(H,22,23). The molecular formula is C20H36O3. The van der Waals surface area contributed by atoms with Crippen LogP contribution >= 0.6 is 0 Å². The van der Waals surface area contributed by atoms with Crippen molar-refractivity contribution < 1.29 is 15.0 Å². The van der Waals surface area contributed by atoms with Gasteiger partial charge in [0.15, 0.2) is 0 Å². The lowest BCUT2D eigenvalue weighted by Gasteiger charge is -2.07. The molecule has 0 aliphatic carbocycles. The summed E-state index contributed by atoms with van der Waals surface area (Å²) in [6.07, 6.45) is 21.4. The van der Waals surface area contributed by atoms with Gasteiger partial charge in [-0.25, -0.2) is 0 Å². The van der Waals surface area contributed by atoms with Gasteiger partial charge in [0.05, 0.1) is 6.10 Å². The molecule has 1 unspecified atom stereocenters. The van der Waals surface area contributed by atoms with E-state index in [4.69, 9.17) is 5.11 Å². The molecule has 0 saturated heterocycles. The molecule has 0 aromatic rings. The highest BCUT2D eigenvalue weighted by molar-refractivity contribution is 5.66. The van der Waals surface area contributed by atoms with Gasteiger partial charge < -0.3 is 10.2 Å². The molecule has 23 heavy (non-hydrogen) atoms. The first kappa shape index (κ1) is 21.9. The van der Waals surface area contributed by atoms with Crippen molar-refractivity contribution in [3.8, 4) is 0 Å². The Bertz CT molecular complexity index is 321. The van der Waals surface area contributed by atoms with Crippen molar-refractivity contribution in [2.24, 2.45) is 0 Å². The van der Waals surface area contributed by atoms with Crippen molar-refractivity contribution in [3.63, 3.8) is 0 Å². The number of aliphatic carboxylic acids is 1. The predicted molar refractivity (Wildman–Crippen MR) is 97.6 cm³/mol. The monoisotopic (exact) mass is 324 g/mol. The average molecular weight is 325 g/mol. The van der Waals surface area contributed by atoms with E-state index in [9.17, 15) is 9.90 Å². The van der Waals surface area contributed by atoms with Gasteiger partial charge in [-0.05, 0) is 32.6 Å². The highest BCUT2D eigenvalue weighted by atomic mass is 16.4. The van der Waals surface area contributed by atoms with Gasteiger partial charge in [-0.15, -0.1) is 0 Å². The van der Waals surface area contributed by atoms with Crippen LogP contribution in [0.3, 0.4) is 0 Å². The molecule has 0 fully saturated rings. The first-order chi connectivity index (χ1) is 11.2. The van der Waals surface area contributed by atoms with Crippen LogP contribution in [0.15, 0.2) is 24.3 Å². The number of rotatable bonds is 16. The number of aliphatic hydroxyl groups is 1. The van der Waals surface area contributed by atoms with E-state index in [1.807, 2.05) is 13.0 Å². The normalized spacial score (nSPS) is 13.1. The summed E-state index contributed by atoms with van der Waals surface area (Å²) in [5.74, 6) is -0.680. The molecule has 134 valence electrons. The topological polar surface area (TPSA) is 57.5 Å². The second-order valence-electron chi connectivity index (χ2n) is 6.28. The van der Waals surface area contributed by atoms with Crippen LogP contribution in [0.5, 0.6) is 0 Å². The maximum atomic E-state index is 10.4. The molecule has 0 aliphatic rings. The third-order valence-corrected chi connectivity index (χ3v) is 4.01. The number of allylic oxidation sites excluding steroid dienone is 3. The summed E-state index contributed by atoms with van der Waals surface area (Å²) in [6, 6.07) is 0. The van der Waals surface area contributed by atoms with E-state index in [0.717, 1.165) is 44.9 Å². The molecule has 2 N–H and O–H groups in total. The number of carbonyl (C=O) groups is 1. The molecule has 0 rings (SSSR count). The van der Waals surface area contributed by atoms with Crippen molar-refractivity contribution in [2.45, 2.75) is 96.5 Å². The van der Waals surface area contributed by atoms with Gasteiger partial charge in [0.1, 0.15) is 0 Å². The maximum absolute atomic E-state index is 10.4. The van der Waals surface area contributed by atoms with Crippen LogP contribution in [0.2, 0.25) is 0 Å². The summed E-state index contributed by atoms with van der Waals surface area (Å²) >= 11 is 0. The van der Waals surface area contributed by atoms with E-state index in [1.165, 1.54) is 32.1 Å². The van der Waals surface area contributed by atoms with Gasteiger partial charge in [0, 0.05) is 6.42 Å². The summed E-state index contributed by atoms with van der Waals surface area (Å²) in [5.41, 5.74) is 0. The van der Waals surface area contributed by atoms with Gasteiger partial charge in [0.25, 0.3) is 0 Å². The molecule has 0 saturated carbocycles. The number of aliphatic hydroxyl groups excluding tert-OH is 1. The second-order valence-corrected chi connectivity index (χ2v) is 6.28. The van der Waals surface area contributed by atoms with Crippen LogP contribution in [0.25, 0.3) is 0 Å². The van der Waals surface area contributed by atoms with E-state index < -0.39 is 5.97 Å². The van der Waals surface area contributed by atoms with E-state index in [0.29, 0.717) is 6.42 Å². The summed E-state index contributed by atoms with van der Waals surface area (Å²) < 4.78 is 0. The summed E-state index contributed by atoms with van der Waals surface area (Å²) in [4.78, 5) is 10.4. The van der Waals surface area contributed by atoms with Crippen LogP contribution < -0.4 is 0 Å². The molecule has 0 aromatic heterocycles. The quantitative estimate of drug-likeness (QED) is 0.285. The number of carboxylic acid groups (broad SMARTS) is 1. The molecule has 0 spiro atoms. The molecule has 0 radical (unpaired) electrons. The van der Waals surface area contributed by atoms with E-state index in [1.54, 1.807) is 0 Å². The fourth-order valence-corrected chi connectivity index (χ4v) is 2.58. The first-order valence-corrected chi connectivity index (χ1v) is 9.32. The third kappa shape index (κ3) is 18.9. The van der Waals surface area contributed by atoms with Gasteiger partial charge >= 0.3 is 5.97 Å². The Kier molecular flexibility index (Phi) is 16.4. The molecule has 1 atom stereocenters. The van der Waals surface area contributed by atoms with Crippen LogP contribution in [0, 0.1) is 0 Å². The van der Waals surface area contributed by atoms with E-state index in [-0.39, 0.29) is 6.10 Å². The van der Waals surface area contributed by atoms with E-state index >= 15 is 0 Å². The Morgan fingerprint density at radius 1 is 0.870 bits per heavy atom. The van der Waals surface area contributed by atoms with Gasteiger partial charge in [-0.1, -0.05) is 75.7 Å². The number of hydrogen-bond acceptors (Lipinski definition) is 2. The van der Waals surface area contributed by atoms with Crippen molar-refractivity contribution >= 4 is 5.97 Å². The molecule has 0 heterocycles. The average Bonchev–Trinajstić information content (AvgIpc) is 2.52. The zero-order valence-electron chi connectivity index (χ0n) is 14.9. The van der Waals surface area contributed by atoms with Crippen LogP contribution in [0.4, 0.5) is 0 Å². The minimum Gasteiger partial charge on any atom is -0.481 e. The first-order valence-electron chi connectivity index (χ1n) is 9.32. The molecular weight excluding hydrogens is 288 g/mol. The fraction of sp³-hybridized carbons (Fsp3) is 0.750. The van der Waals surface area contributed by atoms with Gasteiger partial charge in [-0.2, -0.15) is 0 Å². The zero-order chi connectivity index (χ0) is 17.2. The second kappa shape index (κ2) is 17.3. The number of hydrogen-bond donors (Lipinski definition) is 2. The molecule has 0 aliphatic heterocycles. The lowest BCUT2D eigenvalue weighted by molar-refractivity contribution is -0.137. The van der Waals surface area contributed by atoms with Crippen molar-refractivity contribution in [1.82, 2.24) is 0 Å². The number of unbranched alkanes of at least 4 members (excludes halogenated alkanes) is 8. The Labute approximate surface area is 142 Å². The van der Waals surface area contributed by atoms with E-state index in [2.05, 4.69) is 18.2 Å². The van der Waals surface area contributed by atoms with Crippen molar-refractivity contribution in [1.29, 1.82) is 0 Å². The van der Waals surface area contributed by atoms with Crippen molar-refractivity contribution in [2.75, 3.05) is 0 Å². The highest BCUT2D eigenvalue weighted by Crippen LogP contribution is 2.13. The van der Waals surface area contributed by atoms with Gasteiger partial charge in [0.2, 0.25) is 0 Å². The van der Waals surface area contributed by atoms with Crippen LogP contribution in [-0.2, 0) is 4.79 Å². The Morgan fingerprint density at radius 3 is 2.00 bits per heavy atom. The van der Waals surface area contributed by atoms with Gasteiger partial charge in [-0.3, -0.25) is 4.79 Å². The largest absolute Gasteiger partial charge is 0.481 e. The zero-order valence-corrected chi connectivity index (χ0v) is 14.9. The molecule has 3 heteroatoms. The third-order valence-electron chi connectivity index (χ3n) is 4.01. The molecule has 0 aromatic carbocycles.